The van der Waals surface area contributed by atoms with Gasteiger partial charge in [-0.25, -0.2) is 4.98 Å². The summed E-state index contributed by atoms with van der Waals surface area (Å²) >= 11 is 0. The quantitative estimate of drug-likeness (QED) is 0.475. The van der Waals surface area contributed by atoms with E-state index in [4.69, 9.17) is 9.72 Å². The van der Waals surface area contributed by atoms with Crippen LogP contribution >= 0.6 is 0 Å². The fourth-order valence-corrected chi connectivity index (χ4v) is 3.63. The summed E-state index contributed by atoms with van der Waals surface area (Å²) in [6.45, 7) is 6.42. The van der Waals surface area contributed by atoms with Crippen LogP contribution in [0.15, 0.2) is 48.7 Å². The van der Waals surface area contributed by atoms with Crippen molar-refractivity contribution in [2.24, 2.45) is 0 Å². The van der Waals surface area contributed by atoms with Crippen molar-refractivity contribution in [1.82, 2.24) is 9.38 Å². The largest absolute Gasteiger partial charge is 0.360 e. The van der Waals surface area contributed by atoms with Gasteiger partial charge in [0.25, 0.3) is 0 Å². The zero-order valence-electron chi connectivity index (χ0n) is 13.5. The van der Waals surface area contributed by atoms with Crippen molar-refractivity contribution in [2.45, 2.75) is 32.5 Å². The van der Waals surface area contributed by atoms with Crippen LogP contribution in [0.2, 0.25) is 0 Å². The van der Waals surface area contributed by atoms with Crippen LogP contribution in [-0.4, -0.2) is 15.0 Å². The average Bonchev–Trinajstić information content (AvgIpc) is 3.00. The van der Waals surface area contributed by atoms with Crippen LogP contribution in [0.4, 0.5) is 0 Å². The fraction of sp³-hybridized carbons (Fsp3) is 0.250. The van der Waals surface area contributed by atoms with E-state index in [1.165, 1.54) is 22.2 Å². The maximum absolute atomic E-state index is 5.88. The molecule has 1 aromatic carbocycles. The number of pyridine rings is 2. The second-order valence-corrected chi connectivity index (χ2v) is 7.02. The smallest absolute Gasteiger partial charge is 0.127 e. The van der Waals surface area contributed by atoms with Gasteiger partial charge in [-0.05, 0) is 50.6 Å². The molecule has 0 amide bonds. The maximum atomic E-state index is 5.88. The van der Waals surface area contributed by atoms with Gasteiger partial charge in [0.2, 0.25) is 0 Å². The SMILES string of the molecule is Cc1cc([C@@H]2OC2(C)C)n2ccc3c4ccccc4nc-3c2c1. The van der Waals surface area contributed by atoms with E-state index in [0.29, 0.717) is 0 Å². The van der Waals surface area contributed by atoms with Crippen LogP contribution in [0.5, 0.6) is 0 Å². The van der Waals surface area contributed by atoms with Gasteiger partial charge in [-0.3, -0.25) is 0 Å². The molecule has 0 bridgehead atoms. The first kappa shape index (κ1) is 13.1. The van der Waals surface area contributed by atoms with E-state index in [-0.39, 0.29) is 11.7 Å². The number of hydrogen-bond acceptors (Lipinski definition) is 2. The Labute approximate surface area is 134 Å². The number of ether oxygens (including phenoxy) is 1. The standard InChI is InChI=1S/C20H18N2O/c1-12-10-16-18-14(13-6-4-5-7-15(13)21-18)8-9-22(16)17(11-12)19-20(2,3)23-19/h4-11,19H,1-3H3/t19-/m0/s1. The average molecular weight is 302 g/mol. The highest BCUT2D eigenvalue weighted by atomic mass is 16.6. The lowest BCUT2D eigenvalue weighted by Gasteiger charge is -2.13. The highest BCUT2D eigenvalue weighted by molar-refractivity contribution is 6.01. The molecule has 23 heavy (non-hydrogen) atoms. The summed E-state index contributed by atoms with van der Waals surface area (Å²) in [4.78, 5) is 4.88. The highest BCUT2D eigenvalue weighted by Crippen LogP contribution is 2.49. The third-order valence-corrected chi connectivity index (χ3v) is 4.86. The molecule has 4 heterocycles. The molecule has 0 N–H and O–H groups in total. The number of rotatable bonds is 1. The Bertz CT molecular complexity index is 1040. The van der Waals surface area contributed by atoms with Crippen molar-refractivity contribution in [3.05, 3.63) is 59.9 Å². The Balaban J connectivity index is 1.88. The van der Waals surface area contributed by atoms with Gasteiger partial charge in [-0.2, -0.15) is 0 Å². The van der Waals surface area contributed by atoms with Gasteiger partial charge < -0.3 is 9.14 Å². The number of fused-ring (bicyclic) bond motifs is 5. The molecule has 1 fully saturated rings. The van der Waals surface area contributed by atoms with Gasteiger partial charge in [0.15, 0.2) is 0 Å². The molecule has 1 saturated heterocycles. The first-order valence-corrected chi connectivity index (χ1v) is 8.02. The minimum absolute atomic E-state index is 0.0765. The molecule has 3 aliphatic rings. The number of nitrogens with zero attached hydrogens (tertiary/aromatic N) is 2. The van der Waals surface area contributed by atoms with E-state index in [0.717, 1.165) is 16.7 Å². The van der Waals surface area contributed by atoms with Crippen LogP contribution in [0.25, 0.3) is 27.7 Å². The Morgan fingerprint density at radius 2 is 1.91 bits per heavy atom. The molecule has 0 aliphatic carbocycles. The minimum Gasteiger partial charge on any atom is -0.360 e. The molecule has 3 aliphatic heterocycles. The lowest BCUT2D eigenvalue weighted by molar-refractivity contribution is 0.323. The summed E-state index contributed by atoms with van der Waals surface area (Å²) in [5.74, 6) is 0. The van der Waals surface area contributed by atoms with Crippen molar-refractivity contribution in [3.8, 4) is 11.3 Å². The molecule has 3 heteroatoms. The Kier molecular flexibility index (Phi) is 2.34. The van der Waals surface area contributed by atoms with Crippen molar-refractivity contribution in [2.75, 3.05) is 0 Å². The Hall–Kier alpha value is -2.39. The molecule has 1 atom stereocenters. The molecule has 0 radical (unpaired) electrons. The first-order chi connectivity index (χ1) is 11.0. The van der Waals surface area contributed by atoms with Crippen molar-refractivity contribution < 1.29 is 4.74 Å². The molecule has 3 nitrogen and oxygen atoms in total. The van der Waals surface area contributed by atoms with Gasteiger partial charge >= 0.3 is 0 Å². The van der Waals surface area contributed by atoms with Gasteiger partial charge in [0.1, 0.15) is 6.10 Å². The first-order valence-electron chi connectivity index (χ1n) is 8.02. The maximum Gasteiger partial charge on any atom is 0.127 e. The Morgan fingerprint density at radius 3 is 2.70 bits per heavy atom. The summed E-state index contributed by atoms with van der Waals surface area (Å²) < 4.78 is 8.12. The van der Waals surface area contributed by atoms with Gasteiger partial charge in [0, 0.05) is 17.1 Å². The van der Waals surface area contributed by atoms with Crippen LogP contribution in [0.1, 0.15) is 31.2 Å². The van der Waals surface area contributed by atoms with Crippen LogP contribution in [0, 0.1) is 6.92 Å². The summed E-state index contributed by atoms with van der Waals surface area (Å²) in [5.41, 5.74) is 6.86. The van der Waals surface area contributed by atoms with E-state index >= 15 is 0 Å². The van der Waals surface area contributed by atoms with Crippen molar-refractivity contribution >= 4 is 16.4 Å². The molecule has 0 spiro atoms. The zero-order valence-corrected chi connectivity index (χ0v) is 13.5. The third kappa shape index (κ3) is 1.77. The third-order valence-electron chi connectivity index (χ3n) is 4.86. The van der Waals surface area contributed by atoms with E-state index < -0.39 is 0 Å². The minimum atomic E-state index is -0.0765. The lowest BCUT2D eigenvalue weighted by Crippen LogP contribution is -2.05. The molecule has 0 unspecified atom stereocenters. The van der Waals surface area contributed by atoms with Crippen LogP contribution in [0.3, 0.4) is 0 Å². The molecular formula is C20H18N2O. The predicted molar refractivity (Wildman–Crippen MR) is 92.0 cm³/mol. The van der Waals surface area contributed by atoms with Gasteiger partial charge in [-0.1, -0.05) is 18.2 Å². The van der Waals surface area contributed by atoms with E-state index in [1.54, 1.807) is 0 Å². The topological polar surface area (TPSA) is 29.8 Å². The monoisotopic (exact) mass is 302 g/mol. The van der Waals surface area contributed by atoms with E-state index in [1.807, 2.05) is 6.07 Å². The van der Waals surface area contributed by atoms with Gasteiger partial charge in [0.05, 0.1) is 28.0 Å². The highest BCUT2D eigenvalue weighted by Gasteiger charge is 2.50. The molecule has 2 aromatic rings. The summed E-state index contributed by atoms with van der Waals surface area (Å²) in [6.07, 6.45) is 2.30. The Morgan fingerprint density at radius 1 is 1.13 bits per heavy atom. The summed E-state index contributed by atoms with van der Waals surface area (Å²) in [6, 6.07) is 14.9. The van der Waals surface area contributed by atoms with E-state index in [2.05, 4.69) is 67.8 Å². The van der Waals surface area contributed by atoms with Crippen LogP contribution in [-0.2, 0) is 4.74 Å². The van der Waals surface area contributed by atoms with Crippen molar-refractivity contribution in [1.29, 1.82) is 0 Å². The molecule has 114 valence electrons. The summed E-state index contributed by atoms with van der Waals surface area (Å²) in [5, 5.41) is 1.22. The number of para-hydroxylation sites is 1. The normalized spacial score (nSPS) is 19.7. The number of epoxide rings is 1. The zero-order chi connectivity index (χ0) is 15.8. The van der Waals surface area contributed by atoms with E-state index in [9.17, 15) is 0 Å². The second-order valence-electron chi connectivity index (χ2n) is 7.02. The summed E-state index contributed by atoms with van der Waals surface area (Å²) in [7, 11) is 0. The second kappa shape index (κ2) is 4.12. The van der Waals surface area contributed by atoms with Crippen LogP contribution < -0.4 is 0 Å². The molecule has 5 rings (SSSR count). The lowest BCUT2D eigenvalue weighted by atomic mass is 10.0. The molecule has 1 aromatic heterocycles. The predicted octanol–water partition coefficient (Wildman–Crippen LogP) is 4.75. The molecule has 0 saturated carbocycles. The van der Waals surface area contributed by atoms with Gasteiger partial charge in [-0.15, -0.1) is 0 Å². The fourth-order valence-electron chi connectivity index (χ4n) is 3.63. The number of aromatic nitrogens is 2. The number of benzene rings is 1. The number of hydrogen-bond donors (Lipinski definition) is 0. The van der Waals surface area contributed by atoms with Crippen molar-refractivity contribution in [3.63, 3.8) is 0 Å². The number of aryl methyl sites for hydroxylation is 1. The molecular weight excluding hydrogens is 284 g/mol.